The fourth-order valence-electron chi connectivity index (χ4n) is 1.34. The predicted octanol–water partition coefficient (Wildman–Crippen LogP) is 2.23. The van der Waals surface area contributed by atoms with Crippen LogP contribution in [0.1, 0.15) is 20.8 Å². The minimum Gasteiger partial charge on any atom is -0.497 e. The van der Waals surface area contributed by atoms with E-state index in [-0.39, 0.29) is 17.9 Å². The maximum absolute atomic E-state index is 11.5. The Balaban J connectivity index is 2.37. The molecule has 1 atom stereocenters. The van der Waals surface area contributed by atoms with Crippen LogP contribution in [0.25, 0.3) is 0 Å². The molecule has 0 saturated carbocycles. The molecule has 0 fully saturated rings. The van der Waals surface area contributed by atoms with Crippen molar-refractivity contribution >= 4 is 5.91 Å². The van der Waals surface area contributed by atoms with Crippen LogP contribution >= 0.6 is 0 Å². The minimum atomic E-state index is -0.0120. The van der Waals surface area contributed by atoms with E-state index in [0.29, 0.717) is 6.61 Å². The molecule has 1 aromatic carbocycles. The van der Waals surface area contributed by atoms with E-state index in [1.54, 1.807) is 7.11 Å². The summed E-state index contributed by atoms with van der Waals surface area (Å²) in [6.07, 6.45) is 0. The maximum atomic E-state index is 11.5. The van der Waals surface area contributed by atoms with Crippen LogP contribution in [0.4, 0.5) is 0 Å². The molecule has 1 aromatic rings. The molecule has 4 heteroatoms. The molecule has 0 heterocycles. The predicted molar refractivity (Wildman–Crippen MR) is 70.9 cm³/mol. The summed E-state index contributed by atoms with van der Waals surface area (Å²) in [7, 11) is 1.62. The van der Waals surface area contributed by atoms with Crippen molar-refractivity contribution in [3.8, 4) is 11.5 Å². The summed E-state index contributed by atoms with van der Waals surface area (Å²) in [5.74, 6) is 1.60. The first kappa shape index (κ1) is 14.4. The van der Waals surface area contributed by atoms with E-state index in [4.69, 9.17) is 9.47 Å². The topological polar surface area (TPSA) is 47.6 Å². The van der Waals surface area contributed by atoms with Gasteiger partial charge >= 0.3 is 0 Å². The molecule has 1 rings (SSSR count). The van der Waals surface area contributed by atoms with Crippen LogP contribution < -0.4 is 14.8 Å². The van der Waals surface area contributed by atoms with Gasteiger partial charge in [0.25, 0.3) is 0 Å². The lowest BCUT2D eigenvalue weighted by atomic mass is 10.2. The largest absolute Gasteiger partial charge is 0.497 e. The summed E-state index contributed by atoms with van der Waals surface area (Å²) in [5, 5.41) is 2.88. The fourth-order valence-corrected chi connectivity index (χ4v) is 1.34. The van der Waals surface area contributed by atoms with E-state index in [2.05, 4.69) is 5.32 Å². The van der Waals surface area contributed by atoms with E-state index < -0.39 is 0 Å². The van der Waals surface area contributed by atoms with Gasteiger partial charge in [-0.3, -0.25) is 4.79 Å². The quantitative estimate of drug-likeness (QED) is 0.843. The second-order valence-electron chi connectivity index (χ2n) is 4.55. The molecule has 100 valence electrons. The molecule has 1 unspecified atom stereocenters. The molecule has 0 saturated heterocycles. The second-order valence-corrected chi connectivity index (χ2v) is 4.55. The van der Waals surface area contributed by atoms with E-state index in [1.165, 1.54) is 0 Å². The van der Waals surface area contributed by atoms with Crippen LogP contribution in [-0.2, 0) is 4.79 Å². The molecule has 18 heavy (non-hydrogen) atoms. The van der Waals surface area contributed by atoms with Gasteiger partial charge in [-0.2, -0.15) is 0 Å². The number of methoxy groups -OCH3 is 1. The molecule has 0 bridgehead atoms. The van der Waals surface area contributed by atoms with Gasteiger partial charge in [0.15, 0.2) is 0 Å². The van der Waals surface area contributed by atoms with E-state index in [0.717, 1.165) is 11.5 Å². The average Bonchev–Trinajstić information content (AvgIpc) is 2.36. The summed E-state index contributed by atoms with van der Waals surface area (Å²) in [5.41, 5.74) is 0. The first-order valence-electron chi connectivity index (χ1n) is 6.10. The van der Waals surface area contributed by atoms with Gasteiger partial charge in [0, 0.05) is 5.92 Å². The zero-order valence-electron chi connectivity index (χ0n) is 11.4. The Morgan fingerprint density at radius 1 is 1.17 bits per heavy atom. The first-order valence-corrected chi connectivity index (χ1v) is 6.10. The van der Waals surface area contributed by atoms with Crippen LogP contribution in [0.2, 0.25) is 0 Å². The molecule has 0 aliphatic carbocycles. The zero-order chi connectivity index (χ0) is 13.5. The molecular formula is C14H21NO3. The van der Waals surface area contributed by atoms with Gasteiger partial charge in [-0.15, -0.1) is 0 Å². The highest BCUT2D eigenvalue weighted by Crippen LogP contribution is 2.17. The highest BCUT2D eigenvalue weighted by molar-refractivity contribution is 5.78. The summed E-state index contributed by atoms with van der Waals surface area (Å²) in [4.78, 5) is 11.5. The third kappa shape index (κ3) is 4.65. The highest BCUT2D eigenvalue weighted by atomic mass is 16.5. The number of hydrogen-bond donors (Lipinski definition) is 1. The van der Waals surface area contributed by atoms with Crippen LogP contribution in [0.3, 0.4) is 0 Å². The van der Waals surface area contributed by atoms with Crippen molar-refractivity contribution in [3.63, 3.8) is 0 Å². The summed E-state index contributed by atoms with van der Waals surface area (Å²) in [6, 6.07) is 7.35. The normalized spacial score (nSPS) is 12.1. The Hall–Kier alpha value is -1.71. The van der Waals surface area contributed by atoms with Crippen molar-refractivity contribution in [3.05, 3.63) is 24.3 Å². The Morgan fingerprint density at radius 3 is 2.22 bits per heavy atom. The maximum Gasteiger partial charge on any atom is 0.222 e. The van der Waals surface area contributed by atoms with Gasteiger partial charge in [0.1, 0.15) is 18.1 Å². The van der Waals surface area contributed by atoms with Gasteiger partial charge in [0.05, 0.1) is 13.2 Å². The van der Waals surface area contributed by atoms with E-state index in [1.807, 2.05) is 45.0 Å². The molecule has 0 spiro atoms. The van der Waals surface area contributed by atoms with Crippen molar-refractivity contribution in [2.24, 2.45) is 5.92 Å². The third-order valence-corrected chi connectivity index (χ3v) is 2.47. The zero-order valence-corrected chi connectivity index (χ0v) is 11.4. The third-order valence-electron chi connectivity index (χ3n) is 2.47. The fraction of sp³-hybridized carbons (Fsp3) is 0.500. The molecule has 0 aliphatic heterocycles. The summed E-state index contributed by atoms with van der Waals surface area (Å²) >= 11 is 0. The van der Waals surface area contributed by atoms with Gasteiger partial charge in [-0.05, 0) is 31.2 Å². The Bertz CT molecular complexity index is 373. The molecule has 1 amide bonds. The van der Waals surface area contributed by atoms with E-state index >= 15 is 0 Å². The van der Waals surface area contributed by atoms with Gasteiger partial charge < -0.3 is 14.8 Å². The number of benzene rings is 1. The molecule has 0 aromatic heterocycles. The number of hydrogen-bond acceptors (Lipinski definition) is 3. The molecule has 1 N–H and O–H groups in total. The number of ether oxygens (including phenoxy) is 2. The number of carbonyl (C=O) groups is 1. The number of rotatable bonds is 6. The van der Waals surface area contributed by atoms with Gasteiger partial charge in [-0.1, -0.05) is 13.8 Å². The number of amides is 1. The van der Waals surface area contributed by atoms with Crippen molar-refractivity contribution in [1.29, 1.82) is 0 Å². The van der Waals surface area contributed by atoms with Crippen molar-refractivity contribution < 1.29 is 14.3 Å². The Morgan fingerprint density at radius 2 is 1.72 bits per heavy atom. The van der Waals surface area contributed by atoms with Crippen molar-refractivity contribution in [2.45, 2.75) is 26.8 Å². The van der Waals surface area contributed by atoms with E-state index in [9.17, 15) is 4.79 Å². The Kier molecular flexibility index (Phi) is 5.49. The number of nitrogens with one attached hydrogen (secondary N) is 1. The van der Waals surface area contributed by atoms with Crippen molar-refractivity contribution in [2.75, 3.05) is 13.7 Å². The van der Waals surface area contributed by atoms with Crippen LogP contribution in [-0.4, -0.2) is 25.7 Å². The summed E-state index contributed by atoms with van der Waals surface area (Å²) in [6.45, 7) is 6.10. The lowest BCUT2D eigenvalue weighted by molar-refractivity contribution is -0.124. The monoisotopic (exact) mass is 251 g/mol. The first-order chi connectivity index (χ1) is 8.52. The summed E-state index contributed by atoms with van der Waals surface area (Å²) < 4.78 is 10.6. The van der Waals surface area contributed by atoms with Crippen LogP contribution in [0.15, 0.2) is 24.3 Å². The molecular weight excluding hydrogens is 230 g/mol. The second kappa shape index (κ2) is 6.89. The molecule has 0 aliphatic rings. The van der Waals surface area contributed by atoms with Gasteiger partial charge in [-0.25, -0.2) is 0 Å². The minimum absolute atomic E-state index is 0.00608. The molecule has 4 nitrogen and oxygen atoms in total. The SMILES string of the molecule is COc1ccc(OCC(C)NC(=O)C(C)C)cc1. The van der Waals surface area contributed by atoms with Crippen LogP contribution in [0, 0.1) is 5.92 Å². The lowest BCUT2D eigenvalue weighted by Gasteiger charge is -2.16. The Labute approximate surface area is 108 Å². The molecule has 0 radical (unpaired) electrons. The number of carbonyl (C=O) groups excluding carboxylic acids is 1. The van der Waals surface area contributed by atoms with Crippen LogP contribution in [0.5, 0.6) is 11.5 Å². The average molecular weight is 251 g/mol. The standard InChI is InChI=1S/C14H21NO3/c1-10(2)14(16)15-11(3)9-18-13-7-5-12(17-4)6-8-13/h5-8,10-11H,9H2,1-4H3,(H,15,16). The highest BCUT2D eigenvalue weighted by Gasteiger charge is 2.11. The lowest BCUT2D eigenvalue weighted by Crippen LogP contribution is -2.39. The smallest absolute Gasteiger partial charge is 0.222 e. The van der Waals surface area contributed by atoms with Gasteiger partial charge in [0.2, 0.25) is 5.91 Å². The van der Waals surface area contributed by atoms with Crippen molar-refractivity contribution in [1.82, 2.24) is 5.32 Å².